The number of hydrogen-bond donors (Lipinski definition) is 0. The highest BCUT2D eigenvalue weighted by atomic mass is 16.5. The first kappa shape index (κ1) is 11.6. The van der Waals surface area contributed by atoms with Gasteiger partial charge in [-0.25, -0.2) is 0 Å². The van der Waals surface area contributed by atoms with E-state index in [0.717, 1.165) is 11.3 Å². The van der Waals surface area contributed by atoms with Gasteiger partial charge in [0.2, 0.25) is 0 Å². The molecule has 2 aromatic rings. The maximum Gasteiger partial charge on any atom is 0.176 e. The van der Waals surface area contributed by atoms with E-state index in [4.69, 9.17) is 9.15 Å². The van der Waals surface area contributed by atoms with Crippen molar-refractivity contribution < 1.29 is 9.15 Å². The van der Waals surface area contributed by atoms with E-state index in [0.29, 0.717) is 23.5 Å². The van der Waals surface area contributed by atoms with E-state index in [9.17, 15) is 5.26 Å². The molecule has 1 aromatic heterocycles. The van der Waals surface area contributed by atoms with Gasteiger partial charge in [0.05, 0.1) is 11.6 Å². The van der Waals surface area contributed by atoms with E-state index in [-0.39, 0.29) is 6.10 Å². The zero-order valence-electron chi connectivity index (χ0n) is 10.6. The van der Waals surface area contributed by atoms with E-state index in [2.05, 4.69) is 6.07 Å². The third-order valence-electron chi connectivity index (χ3n) is 3.19. The summed E-state index contributed by atoms with van der Waals surface area (Å²) in [6.45, 7) is 1.87. The van der Waals surface area contributed by atoms with Crippen molar-refractivity contribution >= 4 is 5.76 Å². The second-order valence-electron chi connectivity index (χ2n) is 4.55. The lowest BCUT2D eigenvalue weighted by Gasteiger charge is -2.12. The molecule has 19 heavy (non-hydrogen) atoms. The van der Waals surface area contributed by atoms with Gasteiger partial charge < -0.3 is 9.15 Å². The van der Waals surface area contributed by atoms with Gasteiger partial charge in [-0.1, -0.05) is 30.3 Å². The minimum Gasteiger partial charge on any atom is -0.480 e. The minimum absolute atomic E-state index is 0.101. The van der Waals surface area contributed by atoms with Crippen molar-refractivity contribution in [2.24, 2.45) is 0 Å². The molecule has 3 heteroatoms. The lowest BCUT2D eigenvalue weighted by molar-refractivity contribution is 0.189. The molecule has 0 fully saturated rings. The summed E-state index contributed by atoms with van der Waals surface area (Å²) in [6, 6.07) is 15.9. The van der Waals surface area contributed by atoms with Crippen LogP contribution in [0.3, 0.4) is 0 Å². The molecular weight excluding hydrogens is 238 g/mol. The van der Waals surface area contributed by atoms with Crippen LogP contribution in [0, 0.1) is 18.3 Å². The average molecular weight is 251 g/mol. The summed E-state index contributed by atoms with van der Waals surface area (Å²) >= 11 is 0. The van der Waals surface area contributed by atoms with Gasteiger partial charge in [0, 0.05) is 6.42 Å². The van der Waals surface area contributed by atoms with Crippen molar-refractivity contribution in [2.75, 3.05) is 0 Å². The number of rotatable bonds is 2. The summed E-state index contributed by atoms with van der Waals surface area (Å²) in [5, 5.41) is 9.24. The Morgan fingerprint density at radius 2 is 1.95 bits per heavy atom. The lowest BCUT2D eigenvalue weighted by Crippen LogP contribution is -1.96. The van der Waals surface area contributed by atoms with Gasteiger partial charge in [-0.2, -0.15) is 5.26 Å². The molecule has 1 aliphatic heterocycles. The quantitative estimate of drug-likeness (QED) is 0.810. The molecule has 0 aliphatic carbocycles. The van der Waals surface area contributed by atoms with E-state index in [1.807, 2.05) is 49.4 Å². The van der Waals surface area contributed by atoms with Crippen LogP contribution in [0.25, 0.3) is 5.76 Å². The molecule has 3 nitrogen and oxygen atoms in total. The lowest BCUT2D eigenvalue weighted by atomic mass is 10.0. The minimum atomic E-state index is -0.101. The summed E-state index contributed by atoms with van der Waals surface area (Å²) < 4.78 is 11.5. The normalized spacial score (nSPS) is 18.2. The number of nitrogens with zero attached hydrogens (tertiary/aromatic N) is 1. The van der Waals surface area contributed by atoms with E-state index >= 15 is 0 Å². The molecule has 1 atom stereocenters. The number of hydrogen-bond acceptors (Lipinski definition) is 3. The van der Waals surface area contributed by atoms with Gasteiger partial charge in [0.15, 0.2) is 11.5 Å². The predicted octanol–water partition coefficient (Wildman–Crippen LogP) is 3.98. The summed E-state index contributed by atoms with van der Waals surface area (Å²) in [7, 11) is 0. The van der Waals surface area contributed by atoms with Crippen molar-refractivity contribution in [1.29, 1.82) is 5.26 Å². The van der Waals surface area contributed by atoms with Crippen LogP contribution in [-0.4, -0.2) is 0 Å². The smallest absolute Gasteiger partial charge is 0.176 e. The molecule has 1 aliphatic rings. The Labute approximate surface area is 111 Å². The molecule has 1 unspecified atom stereocenters. The molecule has 0 spiro atoms. The van der Waals surface area contributed by atoms with Crippen LogP contribution in [0.2, 0.25) is 0 Å². The Kier molecular flexibility index (Phi) is 2.85. The molecule has 2 heterocycles. The van der Waals surface area contributed by atoms with Gasteiger partial charge in [-0.05, 0) is 24.6 Å². The fraction of sp³-hybridized carbons (Fsp3) is 0.188. The third-order valence-corrected chi connectivity index (χ3v) is 3.19. The monoisotopic (exact) mass is 251 g/mol. The van der Waals surface area contributed by atoms with Crippen molar-refractivity contribution in [3.05, 3.63) is 65.1 Å². The summed E-state index contributed by atoms with van der Waals surface area (Å²) in [5.74, 6) is 2.02. The highest BCUT2D eigenvalue weighted by Crippen LogP contribution is 2.40. The van der Waals surface area contributed by atoms with Gasteiger partial charge >= 0.3 is 0 Å². The van der Waals surface area contributed by atoms with E-state index in [1.165, 1.54) is 0 Å². The van der Waals surface area contributed by atoms with E-state index in [1.54, 1.807) is 0 Å². The first-order chi connectivity index (χ1) is 9.28. The predicted molar refractivity (Wildman–Crippen MR) is 70.9 cm³/mol. The Morgan fingerprint density at radius 3 is 2.58 bits per heavy atom. The molecule has 1 aromatic carbocycles. The molecule has 0 N–H and O–H groups in total. The molecular formula is C16H13NO2. The molecule has 3 rings (SSSR count). The van der Waals surface area contributed by atoms with Crippen LogP contribution in [0.1, 0.15) is 29.6 Å². The molecule has 0 saturated heterocycles. The zero-order valence-corrected chi connectivity index (χ0v) is 10.6. The molecule has 0 radical (unpaired) electrons. The Hall–Kier alpha value is -2.47. The maximum absolute atomic E-state index is 9.24. The topological polar surface area (TPSA) is 46.2 Å². The van der Waals surface area contributed by atoms with Gasteiger partial charge in [-0.3, -0.25) is 0 Å². The van der Waals surface area contributed by atoms with Crippen molar-refractivity contribution in [3.8, 4) is 6.07 Å². The fourth-order valence-corrected chi connectivity index (χ4v) is 2.25. The Morgan fingerprint density at radius 1 is 1.16 bits per heavy atom. The molecule has 94 valence electrons. The molecule has 0 saturated carbocycles. The maximum atomic E-state index is 9.24. The Balaban J connectivity index is 1.91. The van der Waals surface area contributed by atoms with Crippen molar-refractivity contribution in [2.45, 2.75) is 19.4 Å². The highest BCUT2D eigenvalue weighted by Gasteiger charge is 2.29. The number of benzene rings is 1. The van der Waals surface area contributed by atoms with Crippen LogP contribution in [0.5, 0.6) is 0 Å². The number of nitriles is 1. The summed E-state index contributed by atoms with van der Waals surface area (Å²) in [5.41, 5.74) is 1.72. The van der Waals surface area contributed by atoms with Crippen molar-refractivity contribution in [3.63, 3.8) is 0 Å². The number of furan rings is 1. The summed E-state index contributed by atoms with van der Waals surface area (Å²) in [4.78, 5) is 0. The van der Waals surface area contributed by atoms with Crippen LogP contribution in [0.15, 0.2) is 52.5 Å². The summed E-state index contributed by atoms with van der Waals surface area (Å²) in [6.07, 6.45) is 0.492. The van der Waals surface area contributed by atoms with Gasteiger partial charge in [-0.15, -0.1) is 0 Å². The van der Waals surface area contributed by atoms with Crippen LogP contribution in [0.4, 0.5) is 0 Å². The van der Waals surface area contributed by atoms with Crippen LogP contribution >= 0.6 is 0 Å². The molecule has 0 bridgehead atoms. The third kappa shape index (κ3) is 2.13. The average Bonchev–Trinajstić information content (AvgIpc) is 3.05. The number of ether oxygens (including phenoxy) is 1. The van der Waals surface area contributed by atoms with Crippen molar-refractivity contribution in [1.82, 2.24) is 0 Å². The standard InChI is InChI=1S/C16H13NO2/c1-11-7-8-14(18-11)16-13(10-17)9-15(19-16)12-5-3-2-4-6-12/h2-8,15H,9H2,1H3. The first-order valence-corrected chi connectivity index (χ1v) is 6.19. The zero-order chi connectivity index (χ0) is 13.2. The van der Waals surface area contributed by atoms with Gasteiger partial charge in [0.25, 0.3) is 0 Å². The second-order valence-corrected chi connectivity index (χ2v) is 4.55. The van der Waals surface area contributed by atoms with E-state index < -0.39 is 0 Å². The molecule has 0 amide bonds. The van der Waals surface area contributed by atoms with Crippen LogP contribution in [-0.2, 0) is 4.74 Å². The largest absolute Gasteiger partial charge is 0.480 e. The first-order valence-electron chi connectivity index (χ1n) is 6.19. The second kappa shape index (κ2) is 4.66. The Bertz CT molecular complexity index is 662. The van der Waals surface area contributed by atoms with Gasteiger partial charge in [0.1, 0.15) is 11.9 Å². The SMILES string of the molecule is Cc1ccc(C2=C(C#N)CC(c3ccccc3)O2)o1. The van der Waals surface area contributed by atoms with Crippen LogP contribution < -0.4 is 0 Å². The number of aryl methyl sites for hydroxylation is 1. The fourth-order valence-electron chi connectivity index (χ4n) is 2.25. The highest BCUT2D eigenvalue weighted by molar-refractivity contribution is 5.65.